The number of hydrogen-bond acceptors (Lipinski definition) is 6. The molecular formula is C21H19ClN8O. The van der Waals surface area contributed by atoms with E-state index in [2.05, 4.69) is 35.7 Å². The number of hydrogen-bond donors (Lipinski definition) is 2. The van der Waals surface area contributed by atoms with Crippen molar-refractivity contribution in [1.29, 1.82) is 0 Å². The van der Waals surface area contributed by atoms with Gasteiger partial charge >= 0.3 is 0 Å². The number of anilines is 1. The molecule has 2 N–H and O–H groups in total. The third-order valence-corrected chi connectivity index (χ3v) is 4.57. The molecule has 31 heavy (non-hydrogen) atoms. The maximum absolute atomic E-state index is 7.29. The molecule has 0 aliphatic rings. The number of H-pyrrole nitrogens is 1. The Balaban J connectivity index is 1.48. The monoisotopic (exact) mass is 434 g/mol. The lowest BCUT2D eigenvalue weighted by molar-refractivity contribution is 0.242. The van der Waals surface area contributed by atoms with Gasteiger partial charge in [0.25, 0.3) is 5.82 Å². The van der Waals surface area contributed by atoms with Gasteiger partial charge in [-0.3, -0.25) is 5.10 Å². The van der Waals surface area contributed by atoms with E-state index in [1.807, 2.05) is 38.2 Å². The quantitative estimate of drug-likeness (QED) is 0.411. The van der Waals surface area contributed by atoms with Crippen molar-refractivity contribution in [3.05, 3.63) is 71.1 Å². The van der Waals surface area contributed by atoms with Gasteiger partial charge in [0.05, 0.1) is 41.3 Å². The summed E-state index contributed by atoms with van der Waals surface area (Å²) in [5.74, 6) is 0.923. The first-order valence-corrected chi connectivity index (χ1v) is 9.90. The Bertz CT molecular complexity index is 1230. The van der Waals surface area contributed by atoms with E-state index >= 15 is 0 Å². The van der Waals surface area contributed by atoms with Gasteiger partial charge in [-0.1, -0.05) is 23.4 Å². The van der Waals surface area contributed by atoms with Crippen LogP contribution in [0.2, 0.25) is 5.02 Å². The first-order valence-electron chi connectivity index (χ1n) is 9.52. The lowest BCUT2D eigenvalue weighted by atomic mass is 10.2. The van der Waals surface area contributed by atoms with Crippen LogP contribution in [-0.2, 0) is 6.54 Å². The van der Waals surface area contributed by atoms with Crippen LogP contribution in [0.1, 0.15) is 19.5 Å². The van der Waals surface area contributed by atoms with Crippen molar-refractivity contribution in [2.45, 2.75) is 26.5 Å². The molecule has 10 heteroatoms. The fourth-order valence-electron chi connectivity index (χ4n) is 2.89. The molecule has 4 aromatic rings. The second-order valence-corrected chi connectivity index (χ2v) is 7.39. The highest BCUT2D eigenvalue weighted by Gasteiger charge is 2.11. The summed E-state index contributed by atoms with van der Waals surface area (Å²) in [7, 11) is 0. The standard InChI is InChI=1S/C21H19ClN8O/c1-13(2)31-20-5-4-17(8-18(20)22)30-12-16(28-29-30)11-24-15-6-19(14-9-25-26-10-14)27-21(7-15)23-3/h4-10,12-13H,11H2,1-2H3,(H,24,27)(H,25,26). The molecular weight excluding hydrogens is 416 g/mol. The molecule has 0 saturated carbocycles. The lowest BCUT2D eigenvalue weighted by Gasteiger charge is -2.12. The first kappa shape index (κ1) is 20.4. The fraction of sp³-hybridized carbons (Fsp3) is 0.190. The van der Waals surface area contributed by atoms with Gasteiger partial charge in [0.2, 0.25) is 0 Å². The predicted molar refractivity (Wildman–Crippen MR) is 118 cm³/mol. The molecule has 3 aromatic heterocycles. The number of halogens is 1. The van der Waals surface area contributed by atoms with Crippen LogP contribution in [0.15, 0.2) is 48.9 Å². The summed E-state index contributed by atoms with van der Waals surface area (Å²) >= 11 is 6.32. The van der Waals surface area contributed by atoms with Crippen LogP contribution in [0.25, 0.3) is 21.8 Å². The zero-order valence-electron chi connectivity index (χ0n) is 16.9. The van der Waals surface area contributed by atoms with Gasteiger partial charge in [0, 0.05) is 18.0 Å². The van der Waals surface area contributed by atoms with Crippen molar-refractivity contribution < 1.29 is 4.74 Å². The Hall–Kier alpha value is -3.90. The number of ether oxygens (including phenoxy) is 1. The summed E-state index contributed by atoms with van der Waals surface area (Å²) < 4.78 is 7.31. The molecule has 0 aliphatic heterocycles. The van der Waals surface area contributed by atoms with Crippen molar-refractivity contribution in [3.8, 4) is 22.7 Å². The predicted octanol–water partition coefficient (Wildman–Crippen LogP) is 4.66. The molecule has 0 bridgehead atoms. The van der Waals surface area contributed by atoms with Gasteiger partial charge in [-0.25, -0.2) is 4.68 Å². The van der Waals surface area contributed by atoms with Gasteiger partial charge in [0.1, 0.15) is 11.4 Å². The SMILES string of the molecule is [C-]#[N+]c1cc(NCc2cn(-c3ccc(OC(C)C)c(Cl)c3)nn2)cc(-c2cn[nH]c2)n1. The molecule has 1 aromatic carbocycles. The van der Waals surface area contributed by atoms with Crippen LogP contribution < -0.4 is 10.1 Å². The summed E-state index contributed by atoms with van der Waals surface area (Å²) in [4.78, 5) is 7.76. The van der Waals surface area contributed by atoms with E-state index < -0.39 is 0 Å². The van der Waals surface area contributed by atoms with Crippen LogP contribution in [0, 0.1) is 6.57 Å². The second-order valence-electron chi connectivity index (χ2n) is 6.99. The fourth-order valence-corrected chi connectivity index (χ4v) is 3.11. The second kappa shape index (κ2) is 8.85. The van der Waals surface area contributed by atoms with Crippen molar-refractivity contribution in [1.82, 2.24) is 30.2 Å². The molecule has 0 radical (unpaired) electrons. The number of benzene rings is 1. The molecule has 0 aliphatic carbocycles. The van der Waals surface area contributed by atoms with Crippen molar-refractivity contribution in [2.24, 2.45) is 0 Å². The minimum Gasteiger partial charge on any atom is -0.489 e. The Labute approximate surface area is 183 Å². The van der Waals surface area contributed by atoms with Crippen LogP contribution in [0.3, 0.4) is 0 Å². The number of nitrogens with zero attached hydrogens (tertiary/aromatic N) is 6. The summed E-state index contributed by atoms with van der Waals surface area (Å²) in [5, 5.41) is 18.8. The normalized spacial score (nSPS) is 10.8. The highest BCUT2D eigenvalue weighted by atomic mass is 35.5. The molecule has 0 atom stereocenters. The minimum atomic E-state index is 0.0398. The number of pyridine rings is 1. The van der Waals surface area contributed by atoms with Crippen molar-refractivity contribution >= 4 is 23.1 Å². The van der Waals surface area contributed by atoms with E-state index in [1.54, 1.807) is 29.2 Å². The smallest absolute Gasteiger partial charge is 0.272 e. The molecule has 0 unspecified atom stereocenters. The van der Waals surface area contributed by atoms with Crippen LogP contribution in [-0.4, -0.2) is 36.3 Å². The van der Waals surface area contributed by atoms with Crippen LogP contribution >= 0.6 is 11.6 Å². The summed E-state index contributed by atoms with van der Waals surface area (Å²) in [6, 6.07) is 9.02. The van der Waals surface area contributed by atoms with Crippen molar-refractivity contribution in [3.63, 3.8) is 0 Å². The van der Waals surface area contributed by atoms with E-state index in [4.69, 9.17) is 22.9 Å². The molecule has 0 spiro atoms. The average molecular weight is 435 g/mol. The van der Waals surface area contributed by atoms with Crippen LogP contribution in [0.5, 0.6) is 5.75 Å². The lowest BCUT2D eigenvalue weighted by Crippen LogP contribution is -2.06. The van der Waals surface area contributed by atoms with Gasteiger partial charge < -0.3 is 14.9 Å². The zero-order chi connectivity index (χ0) is 21.8. The highest BCUT2D eigenvalue weighted by molar-refractivity contribution is 6.32. The van der Waals surface area contributed by atoms with Gasteiger partial charge in [-0.2, -0.15) is 5.10 Å². The summed E-state index contributed by atoms with van der Waals surface area (Å²) in [6.07, 6.45) is 5.25. The maximum Gasteiger partial charge on any atom is 0.272 e. The molecule has 156 valence electrons. The van der Waals surface area contributed by atoms with Gasteiger partial charge in [-0.15, -0.1) is 10.1 Å². The molecule has 0 saturated heterocycles. The van der Waals surface area contributed by atoms with Gasteiger partial charge in [-0.05, 0) is 38.1 Å². The van der Waals surface area contributed by atoms with E-state index in [-0.39, 0.29) is 6.10 Å². The molecule has 0 fully saturated rings. The number of nitrogens with one attached hydrogen (secondary N) is 2. The van der Waals surface area contributed by atoms with E-state index in [1.165, 1.54) is 0 Å². The molecule has 9 nitrogen and oxygen atoms in total. The Morgan fingerprint density at radius 1 is 1.29 bits per heavy atom. The Kier molecular flexibility index (Phi) is 5.82. The zero-order valence-corrected chi connectivity index (χ0v) is 17.6. The molecule has 0 amide bonds. The Morgan fingerprint density at radius 2 is 2.16 bits per heavy atom. The average Bonchev–Trinajstić information content (AvgIpc) is 3.45. The highest BCUT2D eigenvalue weighted by Crippen LogP contribution is 2.28. The van der Waals surface area contributed by atoms with E-state index in [9.17, 15) is 0 Å². The van der Waals surface area contributed by atoms with E-state index in [0.717, 1.165) is 22.6 Å². The van der Waals surface area contributed by atoms with Crippen LogP contribution in [0.4, 0.5) is 11.5 Å². The molecule has 3 heterocycles. The van der Waals surface area contributed by atoms with E-state index in [0.29, 0.717) is 28.8 Å². The van der Waals surface area contributed by atoms with Gasteiger partial charge in [0.15, 0.2) is 5.69 Å². The summed E-state index contributed by atoms with van der Waals surface area (Å²) in [6.45, 7) is 11.6. The Morgan fingerprint density at radius 3 is 2.87 bits per heavy atom. The number of aromatic nitrogens is 6. The van der Waals surface area contributed by atoms with Crippen molar-refractivity contribution in [2.75, 3.05) is 5.32 Å². The third kappa shape index (κ3) is 4.82. The third-order valence-electron chi connectivity index (χ3n) is 4.28. The number of rotatable bonds is 7. The summed E-state index contributed by atoms with van der Waals surface area (Å²) in [5.41, 5.74) is 3.73. The number of aromatic amines is 1. The minimum absolute atomic E-state index is 0.0398. The largest absolute Gasteiger partial charge is 0.489 e. The molecule has 4 rings (SSSR count). The topological polar surface area (TPSA) is 97.9 Å². The first-order chi connectivity index (χ1) is 15.0. The maximum atomic E-state index is 7.29.